The standard InChI is InChI=1S/C13H24N2O4S2/c1-19-5-4-15(12-2-6-20-9-12)13(16)8-11-10-21(17,18)7-3-14-11/h11-12,14H,2-10H2,1H3. The fraction of sp³-hybridized carbons (Fsp3) is 0.923. The molecule has 2 atom stereocenters. The number of amides is 1. The van der Waals surface area contributed by atoms with Crippen molar-refractivity contribution in [3.05, 3.63) is 0 Å². The van der Waals surface area contributed by atoms with Crippen molar-refractivity contribution in [2.75, 3.05) is 49.8 Å². The Bertz CT molecular complexity index is 449. The summed E-state index contributed by atoms with van der Waals surface area (Å²) in [6, 6.07) is 0.00759. The summed E-state index contributed by atoms with van der Waals surface area (Å²) in [6.45, 7) is 1.54. The van der Waals surface area contributed by atoms with E-state index in [2.05, 4.69) is 5.32 Å². The summed E-state index contributed by atoms with van der Waals surface area (Å²) < 4.78 is 28.4. The van der Waals surface area contributed by atoms with Crippen LogP contribution in [0, 0.1) is 0 Å². The summed E-state index contributed by atoms with van der Waals surface area (Å²) >= 11 is 1.86. The zero-order chi connectivity index (χ0) is 15.3. The van der Waals surface area contributed by atoms with Crippen LogP contribution >= 0.6 is 11.8 Å². The molecule has 0 aromatic carbocycles. The predicted molar refractivity (Wildman–Crippen MR) is 84.4 cm³/mol. The molecule has 0 aromatic rings. The summed E-state index contributed by atoms with van der Waals surface area (Å²) in [6.07, 6.45) is 1.26. The Balaban J connectivity index is 1.93. The van der Waals surface area contributed by atoms with Gasteiger partial charge in [-0.1, -0.05) is 0 Å². The molecule has 2 heterocycles. The lowest BCUT2D eigenvalue weighted by molar-refractivity contribution is -0.134. The molecule has 2 rings (SSSR count). The zero-order valence-electron chi connectivity index (χ0n) is 12.4. The van der Waals surface area contributed by atoms with E-state index in [4.69, 9.17) is 4.74 Å². The van der Waals surface area contributed by atoms with Crippen molar-refractivity contribution in [1.29, 1.82) is 0 Å². The minimum absolute atomic E-state index is 0.0363. The molecular weight excluding hydrogens is 312 g/mol. The largest absolute Gasteiger partial charge is 0.383 e. The number of nitrogens with zero attached hydrogens (tertiary/aromatic N) is 1. The van der Waals surface area contributed by atoms with Gasteiger partial charge >= 0.3 is 0 Å². The van der Waals surface area contributed by atoms with E-state index in [0.717, 1.165) is 17.9 Å². The number of rotatable bonds is 6. The molecule has 0 aliphatic carbocycles. The van der Waals surface area contributed by atoms with Crippen molar-refractivity contribution in [1.82, 2.24) is 10.2 Å². The summed E-state index contributed by atoms with van der Waals surface area (Å²) in [7, 11) is -1.37. The fourth-order valence-electron chi connectivity index (χ4n) is 2.79. The molecule has 21 heavy (non-hydrogen) atoms. The molecule has 122 valence electrons. The smallest absolute Gasteiger partial charge is 0.224 e. The summed E-state index contributed by atoms with van der Waals surface area (Å²) in [5.41, 5.74) is 0. The Hall–Kier alpha value is -0.310. The molecule has 0 radical (unpaired) electrons. The number of hydrogen-bond acceptors (Lipinski definition) is 6. The number of thioether (sulfide) groups is 1. The van der Waals surface area contributed by atoms with Crippen LogP contribution in [0.2, 0.25) is 0 Å². The van der Waals surface area contributed by atoms with E-state index in [-0.39, 0.29) is 35.9 Å². The number of methoxy groups -OCH3 is 1. The second-order valence-electron chi connectivity index (χ2n) is 5.57. The van der Waals surface area contributed by atoms with E-state index in [9.17, 15) is 13.2 Å². The van der Waals surface area contributed by atoms with Gasteiger partial charge in [0, 0.05) is 44.5 Å². The van der Waals surface area contributed by atoms with Crippen LogP contribution in [0.15, 0.2) is 0 Å². The van der Waals surface area contributed by atoms with Crippen LogP contribution in [0.5, 0.6) is 0 Å². The van der Waals surface area contributed by atoms with Gasteiger partial charge in [-0.25, -0.2) is 8.42 Å². The Morgan fingerprint density at radius 1 is 1.48 bits per heavy atom. The molecule has 8 heteroatoms. The highest BCUT2D eigenvalue weighted by Gasteiger charge is 2.31. The maximum absolute atomic E-state index is 12.5. The van der Waals surface area contributed by atoms with Gasteiger partial charge in [0.25, 0.3) is 0 Å². The molecule has 2 aliphatic rings. The first kappa shape index (κ1) is 17.1. The van der Waals surface area contributed by atoms with Gasteiger partial charge < -0.3 is 15.0 Å². The van der Waals surface area contributed by atoms with Crippen molar-refractivity contribution in [2.45, 2.75) is 24.9 Å². The van der Waals surface area contributed by atoms with Crippen LogP contribution in [0.4, 0.5) is 0 Å². The van der Waals surface area contributed by atoms with E-state index in [1.54, 1.807) is 7.11 Å². The predicted octanol–water partition coefficient (Wildman–Crippen LogP) is -0.256. The number of sulfone groups is 1. The van der Waals surface area contributed by atoms with Crippen LogP contribution in [0.3, 0.4) is 0 Å². The molecule has 0 aromatic heterocycles. The van der Waals surface area contributed by atoms with Gasteiger partial charge in [0.1, 0.15) is 0 Å². The molecule has 2 saturated heterocycles. The number of hydrogen-bond donors (Lipinski definition) is 1. The van der Waals surface area contributed by atoms with E-state index >= 15 is 0 Å². The molecule has 1 amide bonds. The summed E-state index contributed by atoms with van der Waals surface area (Å²) in [5, 5.41) is 3.14. The van der Waals surface area contributed by atoms with Gasteiger partial charge in [-0.15, -0.1) is 0 Å². The van der Waals surface area contributed by atoms with Crippen molar-refractivity contribution in [2.24, 2.45) is 0 Å². The minimum atomic E-state index is -3.00. The van der Waals surface area contributed by atoms with Gasteiger partial charge in [-0.2, -0.15) is 11.8 Å². The molecule has 2 fully saturated rings. The van der Waals surface area contributed by atoms with Crippen LogP contribution in [-0.2, 0) is 19.4 Å². The van der Waals surface area contributed by atoms with E-state index < -0.39 is 9.84 Å². The number of carbonyl (C=O) groups excluding carboxylic acids is 1. The molecule has 2 unspecified atom stereocenters. The third-order valence-corrected chi connectivity index (χ3v) is 6.81. The lowest BCUT2D eigenvalue weighted by Crippen LogP contribution is -2.50. The third-order valence-electron chi connectivity index (χ3n) is 3.93. The minimum Gasteiger partial charge on any atom is -0.383 e. The van der Waals surface area contributed by atoms with Gasteiger partial charge in [0.05, 0.1) is 18.1 Å². The molecule has 6 nitrogen and oxygen atoms in total. The van der Waals surface area contributed by atoms with Crippen molar-refractivity contribution in [3.8, 4) is 0 Å². The topological polar surface area (TPSA) is 75.7 Å². The van der Waals surface area contributed by atoms with Crippen molar-refractivity contribution in [3.63, 3.8) is 0 Å². The van der Waals surface area contributed by atoms with Crippen LogP contribution < -0.4 is 5.32 Å². The Morgan fingerprint density at radius 3 is 2.90 bits per heavy atom. The van der Waals surface area contributed by atoms with E-state index in [1.165, 1.54) is 0 Å². The molecular formula is C13H24N2O4S2. The fourth-order valence-corrected chi connectivity index (χ4v) is 5.46. The monoisotopic (exact) mass is 336 g/mol. The Kier molecular flexibility index (Phi) is 6.34. The van der Waals surface area contributed by atoms with Gasteiger partial charge in [-0.3, -0.25) is 4.79 Å². The first-order valence-corrected chi connectivity index (χ1v) is 10.3. The van der Waals surface area contributed by atoms with Crippen LogP contribution in [0.1, 0.15) is 12.8 Å². The summed E-state index contributed by atoms with van der Waals surface area (Å²) in [5.74, 6) is 2.32. The molecule has 0 bridgehead atoms. The van der Waals surface area contributed by atoms with Crippen molar-refractivity contribution < 1.29 is 17.9 Å². The molecule has 0 spiro atoms. The highest BCUT2D eigenvalue weighted by Crippen LogP contribution is 2.23. The Morgan fingerprint density at radius 2 is 2.29 bits per heavy atom. The van der Waals surface area contributed by atoms with Gasteiger partial charge in [0.15, 0.2) is 9.84 Å². The second kappa shape index (κ2) is 7.80. The molecule has 0 saturated carbocycles. The highest BCUT2D eigenvalue weighted by molar-refractivity contribution is 7.99. The Labute approximate surface area is 130 Å². The lowest BCUT2D eigenvalue weighted by Gasteiger charge is -2.31. The van der Waals surface area contributed by atoms with Crippen molar-refractivity contribution >= 4 is 27.5 Å². The highest BCUT2D eigenvalue weighted by atomic mass is 32.2. The lowest BCUT2D eigenvalue weighted by atomic mass is 10.1. The first-order chi connectivity index (χ1) is 10.0. The summed E-state index contributed by atoms with van der Waals surface area (Å²) in [4.78, 5) is 14.4. The maximum Gasteiger partial charge on any atom is 0.224 e. The number of carbonyl (C=O) groups is 1. The number of ether oxygens (including phenoxy) is 1. The first-order valence-electron chi connectivity index (χ1n) is 7.32. The van der Waals surface area contributed by atoms with Gasteiger partial charge in [-0.05, 0) is 12.2 Å². The quantitative estimate of drug-likeness (QED) is 0.720. The second-order valence-corrected chi connectivity index (χ2v) is 8.95. The maximum atomic E-state index is 12.5. The molecule has 1 N–H and O–H groups in total. The van der Waals surface area contributed by atoms with E-state index in [1.807, 2.05) is 16.7 Å². The van der Waals surface area contributed by atoms with Crippen LogP contribution in [-0.4, -0.2) is 81.1 Å². The van der Waals surface area contributed by atoms with Gasteiger partial charge in [0.2, 0.25) is 5.91 Å². The van der Waals surface area contributed by atoms with Crippen LogP contribution in [0.25, 0.3) is 0 Å². The SMILES string of the molecule is COCCN(C(=O)CC1CS(=O)(=O)CCN1)C1CCSC1. The van der Waals surface area contributed by atoms with E-state index in [0.29, 0.717) is 19.7 Å². The average Bonchev–Trinajstić information content (AvgIpc) is 2.92. The average molecular weight is 336 g/mol. The molecule has 2 aliphatic heterocycles. The normalized spacial score (nSPS) is 28.4. The third kappa shape index (κ3) is 5.12. The zero-order valence-corrected chi connectivity index (χ0v) is 14.0. The number of nitrogens with one attached hydrogen (secondary N) is 1.